The molecule has 2 heterocycles. The second-order valence-corrected chi connectivity index (χ2v) is 9.33. The highest BCUT2D eigenvalue weighted by Crippen LogP contribution is 2.55. The van der Waals surface area contributed by atoms with Gasteiger partial charge >= 0.3 is 0 Å². The minimum absolute atomic E-state index is 0.109. The van der Waals surface area contributed by atoms with Crippen molar-refractivity contribution in [2.24, 2.45) is 4.99 Å². The minimum atomic E-state index is -1.49. The molecule has 0 fully saturated rings. The van der Waals surface area contributed by atoms with Crippen molar-refractivity contribution in [2.75, 3.05) is 0 Å². The molecule has 4 nitrogen and oxygen atoms in total. The molecule has 152 valence electrons. The fraction of sp³-hybridized carbons (Fsp3) is 0.154. The molecule has 0 bridgehead atoms. The first kappa shape index (κ1) is 16.4. The normalized spacial score (nSPS) is 24.2. The van der Waals surface area contributed by atoms with Crippen LogP contribution >= 0.6 is 11.8 Å². The highest BCUT2D eigenvalue weighted by atomic mass is 32.2. The molecule has 0 saturated carbocycles. The van der Waals surface area contributed by atoms with Gasteiger partial charge in [-0.2, -0.15) is 0 Å². The lowest BCUT2D eigenvalue weighted by atomic mass is 10.0. The Morgan fingerprint density at radius 1 is 1.06 bits per heavy atom. The maximum Gasteiger partial charge on any atom is 0.219 e. The molecule has 2 aliphatic rings. The average molecular weight is 427 g/mol. The number of rotatable bonds is 3. The number of aliphatic imine (C=N–C) groups is 1. The summed E-state index contributed by atoms with van der Waals surface area (Å²) in [7, 11) is 0. The maximum absolute atomic E-state index is 10.1. The Morgan fingerprint density at radius 3 is 2.87 bits per heavy atom. The summed E-state index contributed by atoms with van der Waals surface area (Å²) in [5, 5.41) is 11.7. The Balaban J connectivity index is 1.33. The number of phenols is 1. The van der Waals surface area contributed by atoms with Crippen molar-refractivity contribution >= 4 is 27.7 Å². The Bertz CT molecular complexity index is 1460. The molecular weight excluding hydrogens is 404 g/mol. The van der Waals surface area contributed by atoms with E-state index in [1.807, 2.05) is 67.6 Å². The predicted molar refractivity (Wildman–Crippen MR) is 125 cm³/mol. The molecule has 0 unspecified atom stereocenters. The second kappa shape index (κ2) is 6.86. The third kappa shape index (κ3) is 3.08. The number of benzene rings is 3. The van der Waals surface area contributed by atoms with Crippen molar-refractivity contribution in [1.82, 2.24) is 4.98 Å². The number of ether oxygens (including phenoxy) is 1. The number of para-hydroxylation sites is 1. The van der Waals surface area contributed by atoms with Crippen LogP contribution in [0.15, 0.2) is 83.9 Å². The fourth-order valence-corrected chi connectivity index (χ4v) is 5.47. The topological polar surface area (TPSA) is 54.7 Å². The van der Waals surface area contributed by atoms with Crippen LogP contribution in [0.25, 0.3) is 10.9 Å². The zero-order valence-corrected chi connectivity index (χ0v) is 17.6. The molecule has 1 aliphatic carbocycles. The Morgan fingerprint density at radius 2 is 1.94 bits per heavy atom. The third-order valence-electron chi connectivity index (χ3n) is 5.69. The van der Waals surface area contributed by atoms with Crippen molar-refractivity contribution in [2.45, 2.75) is 24.1 Å². The van der Waals surface area contributed by atoms with Gasteiger partial charge in [-0.15, -0.1) is 0 Å². The highest BCUT2D eigenvalue weighted by Gasteiger charge is 2.48. The molecule has 0 amide bonds. The number of phenolic OH excluding ortho intramolecular Hbond substituents is 1. The van der Waals surface area contributed by atoms with Gasteiger partial charge in [-0.1, -0.05) is 60.3 Å². The van der Waals surface area contributed by atoms with E-state index in [4.69, 9.17) is 12.5 Å². The predicted octanol–water partition coefficient (Wildman–Crippen LogP) is 6.28. The van der Waals surface area contributed by atoms with E-state index >= 15 is 0 Å². The van der Waals surface area contributed by atoms with Gasteiger partial charge in [0, 0.05) is 24.5 Å². The van der Waals surface area contributed by atoms with E-state index in [-0.39, 0.29) is 11.8 Å². The fourth-order valence-electron chi connectivity index (χ4n) is 4.22. The van der Waals surface area contributed by atoms with Gasteiger partial charge in [0.15, 0.2) is 0 Å². The zero-order valence-electron chi connectivity index (χ0n) is 18.7. The van der Waals surface area contributed by atoms with Crippen molar-refractivity contribution in [3.63, 3.8) is 0 Å². The van der Waals surface area contributed by atoms with Gasteiger partial charge < -0.3 is 9.84 Å². The lowest BCUT2D eigenvalue weighted by Crippen LogP contribution is -2.21. The van der Waals surface area contributed by atoms with Crippen molar-refractivity contribution in [1.29, 1.82) is 0 Å². The largest absolute Gasteiger partial charge is 0.506 e. The van der Waals surface area contributed by atoms with Crippen LogP contribution in [0.2, 0.25) is 0 Å². The molecule has 6 rings (SSSR count). The molecular formula is C26H20N2O2S. The van der Waals surface area contributed by atoms with E-state index < -0.39 is 11.1 Å². The second-order valence-electron chi connectivity index (χ2n) is 7.89. The number of hydrogen-bond donors (Lipinski definition) is 1. The number of thioether (sulfide) groups is 1. The van der Waals surface area contributed by atoms with E-state index in [2.05, 4.69) is 4.98 Å². The van der Waals surface area contributed by atoms with Crippen LogP contribution in [0.3, 0.4) is 0 Å². The minimum Gasteiger partial charge on any atom is -0.506 e. The number of aromatic hydroxyl groups is 1. The molecule has 1 aromatic heterocycles. The van der Waals surface area contributed by atoms with Crippen LogP contribution in [-0.4, -0.2) is 19.9 Å². The van der Waals surface area contributed by atoms with E-state index in [0.717, 1.165) is 27.1 Å². The molecule has 31 heavy (non-hydrogen) atoms. The van der Waals surface area contributed by atoms with Crippen LogP contribution in [0.5, 0.6) is 17.4 Å². The number of nitrogens with zero attached hydrogens (tertiary/aromatic N) is 2. The number of aromatic nitrogens is 1. The standard InChI is InChI=1S/C26H20N2O2S/c1-26-15-18-6-2-3-10-20(18)24(26)28-25(31-26)17-8-4-9-19(14-17)30-22-13-12-16-7-5-11-21(29)23(16)27-22/h2-14,24,29H,15H2,1H3/t24-,26+/m0/s1/i15D2. The molecule has 2 atom stereocenters. The number of fused-ring (bicyclic) bond motifs is 4. The molecule has 3 aromatic carbocycles. The smallest absolute Gasteiger partial charge is 0.219 e. The van der Waals surface area contributed by atoms with Crippen LogP contribution in [-0.2, 0) is 6.37 Å². The lowest BCUT2D eigenvalue weighted by molar-refractivity contribution is 0.460. The molecule has 5 heteroatoms. The van der Waals surface area contributed by atoms with Crippen molar-refractivity contribution < 1.29 is 12.6 Å². The van der Waals surface area contributed by atoms with Gasteiger partial charge in [-0.05, 0) is 48.7 Å². The van der Waals surface area contributed by atoms with E-state index in [0.29, 0.717) is 17.1 Å². The van der Waals surface area contributed by atoms with Crippen LogP contribution in [0.1, 0.15) is 32.4 Å². The summed E-state index contributed by atoms with van der Waals surface area (Å²) < 4.78 is 23.0. The molecule has 0 radical (unpaired) electrons. The van der Waals surface area contributed by atoms with Gasteiger partial charge in [-0.3, -0.25) is 4.99 Å². The van der Waals surface area contributed by atoms with Crippen LogP contribution in [0, 0.1) is 0 Å². The first-order chi connectivity index (χ1) is 15.9. The van der Waals surface area contributed by atoms with Gasteiger partial charge in [-0.25, -0.2) is 4.98 Å². The third-order valence-corrected chi connectivity index (χ3v) is 6.98. The van der Waals surface area contributed by atoms with Crippen LogP contribution in [0.4, 0.5) is 0 Å². The van der Waals surface area contributed by atoms with Gasteiger partial charge in [0.25, 0.3) is 0 Å². The summed E-state index contributed by atoms with van der Waals surface area (Å²) in [6.07, 6.45) is -1.49. The molecule has 0 spiro atoms. The summed E-state index contributed by atoms with van der Waals surface area (Å²) in [5.41, 5.74) is 3.06. The van der Waals surface area contributed by atoms with Crippen molar-refractivity contribution in [3.8, 4) is 17.4 Å². The van der Waals surface area contributed by atoms with E-state index in [9.17, 15) is 5.11 Å². The summed E-state index contributed by atoms with van der Waals surface area (Å²) in [6.45, 7) is 1.96. The van der Waals surface area contributed by atoms with E-state index in [1.54, 1.807) is 18.2 Å². The first-order valence-electron chi connectivity index (χ1n) is 11.1. The first-order valence-corrected chi connectivity index (χ1v) is 10.9. The Hall–Kier alpha value is -3.31. The molecule has 1 N–H and O–H groups in total. The Labute approximate surface area is 187 Å². The lowest BCUT2D eigenvalue weighted by Gasteiger charge is -2.21. The molecule has 0 saturated heterocycles. The molecule has 4 aromatic rings. The van der Waals surface area contributed by atoms with Gasteiger partial charge in [0.1, 0.15) is 17.0 Å². The SMILES string of the molecule is [2H]C1([2H])c2ccccc2[C@@H]2N=C(c3cccc(Oc4ccc5cccc(O)c5n4)c3)S[C@@]21C. The maximum atomic E-state index is 10.1. The highest BCUT2D eigenvalue weighted by molar-refractivity contribution is 8.15. The number of hydrogen-bond acceptors (Lipinski definition) is 5. The average Bonchev–Trinajstić information content (AvgIpc) is 3.25. The van der Waals surface area contributed by atoms with E-state index in [1.165, 1.54) is 11.8 Å². The quantitative estimate of drug-likeness (QED) is 0.419. The van der Waals surface area contributed by atoms with Crippen LogP contribution < -0.4 is 4.74 Å². The summed E-state index contributed by atoms with van der Waals surface area (Å²) in [4.78, 5) is 9.41. The number of pyridine rings is 1. The Kier molecular flexibility index (Phi) is 3.62. The van der Waals surface area contributed by atoms with Gasteiger partial charge in [0.05, 0.1) is 11.1 Å². The molecule has 1 aliphatic heterocycles. The summed E-state index contributed by atoms with van der Waals surface area (Å²) in [5.74, 6) is 1.10. The van der Waals surface area contributed by atoms with Gasteiger partial charge in [0.2, 0.25) is 5.88 Å². The monoisotopic (exact) mass is 426 g/mol. The summed E-state index contributed by atoms with van der Waals surface area (Å²) in [6, 6.07) is 23.9. The summed E-state index contributed by atoms with van der Waals surface area (Å²) >= 11 is 1.49. The van der Waals surface area contributed by atoms with Crippen molar-refractivity contribution in [3.05, 3.63) is 95.6 Å². The zero-order chi connectivity index (χ0) is 22.8.